The summed E-state index contributed by atoms with van der Waals surface area (Å²) in [5.41, 5.74) is 7.49. The first-order chi connectivity index (χ1) is 10.2. The molecule has 0 saturated carbocycles. The lowest BCUT2D eigenvalue weighted by molar-refractivity contribution is -0.124. The molecule has 1 heterocycles. The zero-order chi connectivity index (χ0) is 15.1. The number of methoxy groups -OCH3 is 1. The number of nitrogens with one attached hydrogen (secondary N) is 1. The standard InChI is InChI=1S/C16H19N3O2/c1-21-11-13(17)16(20)19-15(12-7-3-2-4-8-12)14-9-5-6-10-18-14/h2-10,13,15H,11,17H2,1H3,(H,19,20). The van der Waals surface area contributed by atoms with E-state index in [1.165, 1.54) is 7.11 Å². The lowest BCUT2D eigenvalue weighted by atomic mass is 10.0. The maximum Gasteiger partial charge on any atom is 0.240 e. The first-order valence-electron chi connectivity index (χ1n) is 6.73. The molecule has 0 saturated heterocycles. The van der Waals surface area contributed by atoms with Crippen molar-refractivity contribution in [1.82, 2.24) is 10.3 Å². The van der Waals surface area contributed by atoms with Crippen molar-refractivity contribution in [2.75, 3.05) is 13.7 Å². The van der Waals surface area contributed by atoms with E-state index < -0.39 is 6.04 Å². The molecule has 0 aliphatic rings. The number of carbonyl (C=O) groups is 1. The van der Waals surface area contributed by atoms with Gasteiger partial charge in [0, 0.05) is 13.3 Å². The fourth-order valence-electron chi connectivity index (χ4n) is 2.02. The summed E-state index contributed by atoms with van der Waals surface area (Å²) >= 11 is 0. The molecule has 1 aromatic heterocycles. The van der Waals surface area contributed by atoms with Crippen molar-refractivity contribution in [1.29, 1.82) is 0 Å². The van der Waals surface area contributed by atoms with E-state index in [-0.39, 0.29) is 18.6 Å². The Balaban J connectivity index is 2.23. The molecule has 5 heteroatoms. The Morgan fingerprint density at radius 3 is 2.57 bits per heavy atom. The first-order valence-corrected chi connectivity index (χ1v) is 6.73. The van der Waals surface area contributed by atoms with Crippen LogP contribution >= 0.6 is 0 Å². The van der Waals surface area contributed by atoms with Gasteiger partial charge in [-0.1, -0.05) is 36.4 Å². The van der Waals surface area contributed by atoms with Crippen LogP contribution in [-0.2, 0) is 9.53 Å². The Morgan fingerprint density at radius 2 is 1.95 bits per heavy atom. The molecule has 2 atom stereocenters. The highest BCUT2D eigenvalue weighted by molar-refractivity contribution is 5.82. The Labute approximate surface area is 124 Å². The molecular weight excluding hydrogens is 266 g/mol. The van der Waals surface area contributed by atoms with Crippen LogP contribution in [0.5, 0.6) is 0 Å². The van der Waals surface area contributed by atoms with Gasteiger partial charge in [-0.3, -0.25) is 9.78 Å². The zero-order valence-electron chi connectivity index (χ0n) is 11.9. The smallest absolute Gasteiger partial charge is 0.240 e. The second-order valence-electron chi connectivity index (χ2n) is 4.67. The fraction of sp³-hybridized carbons (Fsp3) is 0.250. The van der Waals surface area contributed by atoms with Crippen molar-refractivity contribution in [3.8, 4) is 0 Å². The van der Waals surface area contributed by atoms with Gasteiger partial charge in [-0.25, -0.2) is 0 Å². The molecule has 0 aliphatic heterocycles. The Bertz CT molecular complexity index is 521. The van der Waals surface area contributed by atoms with Crippen LogP contribution in [0.15, 0.2) is 54.7 Å². The molecule has 0 aliphatic carbocycles. The van der Waals surface area contributed by atoms with Crippen molar-refractivity contribution < 1.29 is 9.53 Å². The third kappa shape index (κ3) is 4.11. The normalized spacial score (nSPS) is 13.4. The molecule has 0 fully saturated rings. The highest BCUT2D eigenvalue weighted by atomic mass is 16.5. The summed E-state index contributed by atoms with van der Waals surface area (Å²) in [6.45, 7) is 0.176. The molecule has 21 heavy (non-hydrogen) atoms. The number of hydrogen-bond acceptors (Lipinski definition) is 4. The summed E-state index contributed by atoms with van der Waals surface area (Å²) in [5.74, 6) is -0.267. The van der Waals surface area contributed by atoms with Gasteiger partial charge in [-0.2, -0.15) is 0 Å². The molecule has 5 nitrogen and oxygen atoms in total. The first kappa shape index (κ1) is 15.2. The predicted octanol–water partition coefficient (Wildman–Crippen LogP) is 1.26. The largest absolute Gasteiger partial charge is 0.383 e. The number of amides is 1. The van der Waals surface area contributed by atoms with Crippen LogP contribution < -0.4 is 11.1 Å². The van der Waals surface area contributed by atoms with E-state index in [1.807, 2.05) is 48.5 Å². The van der Waals surface area contributed by atoms with Crippen LogP contribution in [0.1, 0.15) is 17.3 Å². The Kier molecular flexibility index (Phi) is 5.43. The molecule has 2 rings (SSSR count). The molecule has 2 unspecified atom stereocenters. The Morgan fingerprint density at radius 1 is 1.24 bits per heavy atom. The van der Waals surface area contributed by atoms with Crippen LogP contribution in [0, 0.1) is 0 Å². The summed E-state index contributed by atoms with van der Waals surface area (Å²) in [4.78, 5) is 16.5. The number of benzene rings is 1. The number of nitrogens with zero attached hydrogens (tertiary/aromatic N) is 1. The number of aromatic nitrogens is 1. The quantitative estimate of drug-likeness (QED) is 0.837. The summed E-state index contributed by atoms with van der Waals surface area (Å²) < 4.78 is 4.92. The zero-order valence-corrected chi connectivity index (χ0v) is 11.9. The third-order valence-electron chi connectivity index (χ3n) is 3.09. The van der Waals surface area contributed by atoms with Gasteiger partial charge in [0.2, 0.25) is 5.91 Å². The average Bonchev–Trinajstić information content (AvgIpc) is 2.54. The summed E-state index contributed by atoms with van der Waals surface area (Å²) in [5, 5.41) is 2.93. The molecule has 1 aromatic carbocycles. The molecule has 3 N–H and O–H groups in total. The van der Waals surface area contributed by atoms with Crippen molar-refractivity contribution in [3.05, 3.63) is 66.0 Å². The van der Waals surface area contributed by atoms with Gasteiger partial charge in [0.1, 0.15) is 6.04 Å². The second kappa shape index (κ2) is 7.52. The highest BCUT2D eigenvalue weighted by Gasteiger charge is 2.21. The number of pyridine rings is 1. The van der Waals surface area contributed by atoms with Crippen molar-refractivity contribution in [2.45, 2.75) is 12.1 Å². The molecule has 0 spiro atoms. The fourth-order valence-corrected chi connectivity index (χ4v) is 2.02. The molecule has 2 aromatic rings. The van der Waals surface area contributed by atoms with Gasteiger partial charge in [0.15, 0.2) is 0 Å². The highest BCUT2D eigenvalue weighted by Crippen LogP contribution is 2.19. The van der Waals surface area contributed by atoms with Gasteiger partial charge >= 0.3 is 0 Å². The summed E-state index contributed by atoms with van der Waals surface area (Å²) in [6.07, 6.45) is 1.70. The maximum atomic E-state index is 12.1. The number of hydrogen-bond donors (Lipinski definition) is 2. The van der Waals surface area contributed by atoms with Gasteiger partial charge in [-0.05, 0) is 17.7 Å². The van der Waals surface area contributed by atoms with Gasteiger partial charge in [0.25, 0.3) is 0 Å². The number of ether oxygens (including phenoxy) is 1. The molecule has 0 radical (unpaired) electrons. The van der Waals surface area contributed by atoms with Crippen molar-refractivity contribution in [2.24, 2.45) is 5.73 Å². The predicted molar refractivity (Wildman–Crippen MR) is 80.5 cm³/mol. The summed E-state index contributed by atoms with van der Waals surface area (Å²) in [6, 6.07) is 14.2. The minimum absolute atomic E-state index is 0.176. The summed E-state index contributed by atoms with van der Waals surface area (Å²) in [7, 11) is 1.51. The van der Waals surface area contributed by atoms with Crippen LogP contribution in [0.2, 0.25) is 0 Å². The van der Waals surface area contributed by atoms with Crippen LogP contribution in [0.3, 0.4) is 0 Å². The number of rotatable bonds is 6. The SMILES string of the molecule is COCC(N)C(=O)NC(c1ccccc1)c1ccccn1. The molecular formula is C16H19N3O2. The maximum absolute atomic E-state index is 12.1. The average molecular weight is 285 g/mol. The van der Waals surface area contributed by atoms with Crippen LogP contribution in [0.4, 0.5) is 0 Å². The van der Waals surface area contributed by atoms with E-state index in [2.05, 4.69) is 10.3 Å². The van der Waals surface area contributed by atoms with Gasteiger partial charge in [-0.15, -0.1) is 0 Å². The van der Waals surface area contributed by atoms with E-state index in [1.54, 1.807) is 6.20 Å². The molecule has 1 amide bonds. The molecule has 110 valence electrons. The van der Waals surface area contributed by atoms with Crippen molar-refractivity contribution in [3.63, 3.8) is 0 Å². The van der Waals surface area contributed by atoms with E-state index in [4.69, 9.17) is 10.5 Å². The minimum atomic E-state index is -0.704. The lowest BCUT2D eigenvalue weighted by Crippen LogP contribution is -2.45. The van der Waals surface area contributed by atoms with Gasteiger partial charge in [0.05, 0.1) is 18.3 Å². The topological polar surface area (TPSA) is 77.2 Å². The minimum Gasteiger partial charge on any atom is -0.383 e. The second-order valence-corrected chi connectivity index (χ2v) is 4.67. The van der Waals surface area contributed by atoms with E-state index in [0.717, 1.165) is 11.3 Å². The van der Waals surface area contributed by atoms with Crippen molar-refractivity contribution >= 4 is 5.91 Å². The van der Waals surface area contributed by atoms with Crippen LogP contribution in [-0.4, -0.2) is 30.6 Å². The number of carbonyl (C=O) groups excluding carboxylic acids is 1. The van der Waals surface area contributed by atoms with E-state index in [9.17, 15) is 4.79 Å². The van der Waals surface area contributed by atoms with Gasteiger partial charge < -0.3 is 15.8 Å². The lowest BCUT2D eigenvalue weighted by Gasteiger charge is -2.21. The van der Waals surface area contributed by atoms with E-state index in [0.29, 0.717) is 0 Å². The van der Waals surface area contributed by atoms with E-state index >= 15 is 0 Å². The number of nitrogens with two attached hydrogens (primary N) is 1. The molecule has 0 bridgehead atoms. The third-order valence-corrected chi connectivity index (χ3v) is 3.09. The van der Waals surface area contributed by atoms with Crippen LogP contribution in [0.25, 0.3) is 0 Å². The monoisotopic (exact) mass is 285 g/mol. The Hall–Kier alpha value is -2.24.